The zero-order chi connectivity index (χ0) is 18.6. The monoisotopic (exact) mass is 374 g/mol. The largest absolute Gasteiger partial charge is 0.347 e. The molecule has 2 N–H and O–H groups in total. The summed E-state index contributed by atoms with van der Waals surface area (Å²) in [6, 6.07) is 9.67. The lowest BCUT2D eigenvalue weighted by molar-refractivity contribution is 0.101. The molecule has 1 aromatic carbocycles. The van der Waals surface area contributed by atoms with Crippen molar-refractivity contribution in [3.63, 3.8) is 0 Å². The highest BCUT2D eigenvalue weighted by atomic mass is 32.2. The fourth-order valence-corrected chi connectivity index (χ4v) is 3.94. The average Bonchev–Trinajstić information content (AvgIpc) is 2.87. The highest BCUT2D eigenvalue weighted by Crippen LogP contribution is 2.17. The van der Waals surface area contributed by atoms with E-state index in [9.17, 15) is 13.2 Å². The highest BCUT2D eigenvalue weighted by molar-refractivity contribution is 7.90. The van der Waals surface area contributed by atoms with Crippen molar-refractivity contribution in [1.29, 1.82) is 0 Å². The SMILES string of the molecule is Cn1cccc1C(=O)Nc1cccc(S(=O)(=O)NC2=NCCCCC2)c1. The maximum Gasteiger partial charge on any atom is 0.272 e. The van der Waals surface area contributed by atoms with Gasteiger partial charge in [-0.05, 0) is 43.2 Å². The molecule has 1 aliphatic heterocycles. The maximum absolute atomic E-state index is 12.6. The van der Waals surface area contributed by atoms with Crippen molar-refractivity contribution in [2.45, 2.75) is 30.6 Å². The van der Waals surface area contributed by atoms with Crippen LogP contribution in [0.15, 0.2) is 52.5 Å². The van der Waals surface area contributed by atoms with Crippen LogP contribution < -0.4 is 10.0 Å². The van der Waals surface area contributed by atoms with Gasteiger partial charge in [-0.2, -0.15) is 0 Å². The summed E-state index contributed by atoms with van der Waals surface area (Å²) >= 11 is 0. The second-order valence-electron chi connectivity index (χ2n) is 6.23. The van der Waals surface area contributed by atoms with E-state index in [1.165, 1.54) is 12.1 Å². The van der Waals surface area contributed by atoms with E-state index in [1.54, 1.807) is 42.1 Å². The molecule has 0 unspecified atom stereocenters. The summed E-state index contributed by atoms with van der Waals surface area (Å²) in [5, 5.41) is 2.73. The van der Waals surface area contributed by atoms with Crippen LogP contribution in [0, 0.1) is 0 Å². The van der Waals surface area contributed by atoms with Gasteiger partial charge in [0.15, 0.2) is 0 Å². The van der Waals surface area contributed by atoms with Crippen LogP contribution in [0.3, 0.4) is 0 Å². The first-order chi connectivity index (χ1) is 12.5. The number of aryl methyl sites for hydroxylation is 1. The summed E-state index contributed by atoms with van der Waals surface area (Å²) in [4.78, 5) is 16.7. The molecule has 0 saturated carbocycles. The van der Waals surface area contributed by atoms with E-state index < -0.39 is 10.0 Å². The third-order valence-corrected chi connectivity index (χ3v) is 5.58. The van der Waals surface area contributed by atoms with Crippen LogP contribution >= 0.6 is 0 Å². The quantitative estimate of drug-likeness (QED) is 0.861. The van der Waals surface area contributed by atoms with Gasteiger partial charge in [0, 0.05) is 31.9 Å². The number of anilines is 1. The highest BCUT2D eigenvalue weighted by Gasteiger charge is 2.18. The molecule has 8 heteroatoms. The van der Waals surface area contributed by atoms with E-state index in [4.69, 9.17) is 0 Å². The number of nitrogens with one attached hydrogen (secondary N) is 2. The molecular weight excluding hydrogens is 352 g/mol. The minimum absolute atomic E-state index is 0.0918. The summed E-state index contributed by atoms with van der Waals surface area (Å²) in [6.45, 7) is 0.643. The first kappa shape index (κ1) is 18.2. The molecule has 7 nitrogen and oxygen atoms in total. The summed E-state index contributed by atoms with van der Waals surface area (Å²) in [6.07, 6.45) is 5.35. The number of hydrogen-bond donors (Lipinski definition) is 2. The van der Waals surface area contributed by atoms with Crippen molar-refractivity contribution in [3.8, 4) is 0 Å². The Balaban J connectivity index is 1.76. The van der Waals surface area contributed by atoms with Crippen molar-refractivity contribution >= 4 is 27.5 Å². The van der Waals surface area contributed by atoms with Gasteiger partial charge >= 0.3 is 0 Å². The zero-order valence-corrected chi connectivity index (χ0v) is 15.4. The van der Waals surface area contributed by atoms with Gasteiger partial charge in [0.05, 0.1) is 4.90 Å². The number of aromatic nitrogens is 1. The normalized spacial score (nSPS) is 15.0. The van der Waals surface area contributed by atoms with E-state index in [-0.39, 0.29) is 10.8 Å². The van der Waals surface area contributed by atoms with Gasteiger partial charge in [-0.15, -0.1) is 0 Å². The molecule has 26 heavy (non-hydrogen) atoms. The van der Waals surface area contributed by atoms with Gasteiger partial charge in [-0.3, -0.25) is 14.5 Å². The van der Waals surface area contributed by atoms with E-state index in [0.29, 0.717) is 30.2 Å². The number of amidine groups is 1. The molecule has 2 aromatic rings. The number of rotatable bonds is 4. The molecule has 1 aromatic heterocycles. The third-order valence-electron chi connectivity index (χ3n) is 4.21. The number of carbonyl (C=O) groups is 1. The van der Waals surface area contributed by atoms with E-state index in [2.05, 4.69) is 15.0 Å². The fraction of sp³-hybridized carbons (Fsp3) is 0.333. The molecule has 0 bridgehead atoms. The third kappa shape index (κ3) is 4.32. The van der Waals surface area contributed by atoms with Crippen molar-refractivity contribution < 1.29 is 13.2 Å². The Morgan fingerprint density at radius 1 is 1.15 bits per heavy atom. The summed E-state index contributed by atoms with van der Waals surface area (Å²) in [7, 11) is -1.96. The molecule has 138 valence electrons. The van der Waals surface area contributed by atoms with E-state index >= 15 is 0 Å². The second kappa shape index (κ2) is 7.74. The molecule has 0 radical (unpaired) electrons. The van der Waals surface area contributed by atoms with E-state index in [0.717, 1.165) is 19.3 Å². The molecule has 1 amide bonds. The first-order valence-electron chi connectivity index (χ1n) is 8.54. The predicted octanol–water partition coefficient (Wildman–Crippen LogP) is 2.53. The van der Waals surface area contributed by atoms with Crippen LogP contribution in [0.25, 0.3) is 0 Å². The Bertz CT molecular complexity index is 931. The number of benzene rings is 1. The minimum atomic E-state index is -3.73. The van der Waals surface area contributed by atoms with Crippen LogP contribution in [0.2, 0.25) is 0 Å². The Morgan fingerprint density at radius 2 is 2.00 bits per heavy atom. The van der Waals surface area contributed by atoms with E-state index in [1.807, 2.05) is 0 Å². The van der Waals surface area contributed by atoms with Crippen molar-refractivity contribution in [3.05, 3.63) is 48.3 Å². The molecule has 0 saturated heterocycles. The molecule has 2 heterocycles. The lowest BCUT2D eigenvalue weighted by Crippen LogP contribution is -2.30. The van der Waals surface area contributed by atoms with Crippen LogP contribution in [0.4, 0.5) is 5.69 Å². The van der Waals surface area contributed by atoms with Gasteiger partial charge in [0.2, 0.25) is 0 Å². The molecule has 1 aliphatic rings. The van der Waals surface area contributed by atoms with Crippen molar-refractivity contribution in [2.75, 3.05) is 11.9 Å². The summed E-state index contributed by atoms with van der Waals surface area (Å²) in [5.74, 6) is 0.203. The lowest BCUT2D eigenvalue weighted by Gasteiger charge is -2.11. The van der Waals surface area contributed by atoms with Gasteiger partial charge in [-0.1, -0.05) is 12.5 Å². The number of sulfonamides is 1. The number of hydrogen-bond acceptors (Lipinski definition) is 4. The van der Waals surface area contributed by atoms with Crippen molar-refractivity contribution in [1.82, 2.24) is 9.29 Å². The van der Waals surface area contributed by atoms with Gasteiger partial charge in [-0.25, -0.2) is 8.42 Å². The topological polar surface area (TPSA) is 92.6 Å². The Labute approximate surface area is 153 Å². The minimum Gasteiger partial charge on any atom is -0.347 e. The number of amides is 1. The zero-order valence-electron chi connectivity index (χ0n) is 14.6. The van der Waals surface area contributed by atoms with Crippen LogP contribution in [-0.2, 0) is 17.1 Å². The van der Waals surface area contributed by atoms with Gasteiger partial charge < -0.3 is 9.88 Å². The second-order valence-corrected chi connectivity index (χ2v) is 7.91. The fourth-order valence-electron chi connectivity index (χ4n) is 2.80. The molecule has 0 aliphatic carbocycles. The van der Waals surface area contributed by atoms with Gasteiger partial charge in [0.25, 0.3) is 15.9 Å². The molecule has 3 rings (SSSR count). The standard InChI is InChI=1S/C18H22N4O3S/c1-22-12-6-9-16(22)18(23)20-14-7-5-8-15(13-14)26(24,25)21-17-10-3-2-4-11-19-17/h5-9,12-13H,2-4,10-11H2,1H3,(H,19,21)(H,20,23). The first-order valence-corrected chi connectivity index (χ1v) is 10.0. The maximum atomic E-state index is 12.6. The number of aliphatic imine (C=N–C) groups is 1. The van der Waals surface area contributed by atoms with Crippen molar-refractivity contribution in [2.24, 2.45) is 12.0 Å². The average molecular weight is 374 g/mol. The van der Waals surface area contributed by atoms with Gasteiger partial charge in [0.1, 0.15) is 11.5 Å². The van der Waals surface area contributed by atoms with Crippen LogP contribution in [0.1, 0.15) is 36.2 Å². The Morgan fingerprint density at radius 3 is 2.77 bits per heavy atom. The lowest BCUT2D eigenvalue weighted by atomic mass is 10.2. The summed E-state index contributed by atoms with van der Waals surface area (Å²) < 4.78 is 29.5. The van der Waals surface area contributed by atoms with Crippen LogP contribution in [0.5, 0.6) is 0 Å². The predicted molar refractivity (Wildman–Crippen MR) is 101 cm³/mol. The molecule has 0 fully saturated rings. The number of carbonyl (C=O) groups excluding carboxylic acids is 1. The smallest absolute Gasteiger partial charge is 0.272 e. The Hall–Kier alpha value is -2.61. The Kier molecular flexibility index (Phi) is 5.41. The molecular formula is C18H22N4O3S. The molecule has 0 spiro atoms. The summed E-state index contributed by atoms with van der Waals surface area (Å²) in [5.41, 5.74) is 0.908. The number of nitrogens with zero attached hydrogens (tertiary/aromatic N) is 2. The van der Waals surface area contributed by atoms with Crippen LogP contribution in [-0.4, -0.2) is 31.3 Å². The molecule has 0 atom stereocenters.